The van der Waals surface area contributed by atoms with Crippen molar-refractivity contribution in [2.45, 2.75) is 77.5 Å². The molecule has 1 N–H and O–H groups in total. The molecule has 0 saturated heterocycles. The van der Waals surface area contributed by atoms with E-state index in [4.69, 9.17) is 14.2 Å². The average molecular weight is 641 g/mol. The minimum Gasteiger partial charge on any atom is -0.494 e. The van der Waals surface area contributed by atoms with Crippen LogP contribution in [0.4, 0.5) is 10.5 Å². The van der Waals surface area contributed by atoms with Crippen LogP contribution >= 0.6 is 0 Å². The SMILES string of the molecule is CCCCN(C(=O)CCCOc1ccc2c(c1)CN(CC(=O)OCc1ccccc1)C(NC(=O)Oc1ccccc1)=N2)C1CCCC1. The van der Waals surface area contributed by atoms with Gasteiger partial charge in [0.2, 0.25) is 11.9 Å². The van der Waals surface area contributed by atoms with Gasteiger partial charge in [-0.15, -0.1) is 0 Å². The van der Waals surface area contributed by atoms with Crippen molar-refractivity contribution in [3.63, 3.8) is 0 Å². The van der Waals surface area contributed by atoms with Gasteiger partial charge in [0.1, 0.15) is 24.7 Å². The Balaban J connectivity index is 1.20. The highest BCUT2D eigenvalue weighted by molar-refractivity contribution is 5.98. The lowest BCUT2D eigenvalue weighted by Crippen LogP contribution is -2.48. The molecule has 3 aromatic rings. The van der Waals surface area contributed by atoms with E-state index < -0.39 is 12.1 Å². The molecule has 2 amide bonds. The number of esters is 1. The second-order valence-electron chi connectivity index (χ2n) is 11.9. The van der Waals surface area contributed by atoms with Crippen molar-refractivity contribution >= 4 is 29.6 Å². The van der Waals surface area contributed by atoms with Crippen molar-refractivity contribution in [3.8, 4) is 11.5 Å². The summed E-state index contributed by atoms with van der Waals surface area (Å²) in [7, 11) is 0. The number of rotatable bonds is 14. The van der Waals surface area contributed by atoms with Crippen LogP contribution in [0.1, 0.15) is 69.4 Å². The van der Waals surface area contributed by atoms with Crippen molar-refractivity contribution < 1.29 is 28.6 Å². The third-order valence-corrected chi connectivity index (χ3v) is 8.31. The van der Waals surface area contributed by atoms with Gasteiger partial charge in [-0.3, -0.25) is 14.9 Å². The van der Waals surface area contributed by atoms with Gasteiger partial charge in [-0.1, -0.05) is 74.7 Å². The molecule has 0 spiro atoms. The lowest BCUT2D eigenvalue weighted by atomic mass is 10.1. The summed E-state index contributed by atoms with van der Waals surface area (Å²) in [6.07, 6.45) is 7.09. The number of ether oxygens (including phenoxy) is 3. The fourth-order valence-corrected chi connectivity index (χ4v) is 5.85. The van der Waals surface area contributed by atoms with E-state index in [0.29, 0.717) is 42.7 Å². The molecule has 0 bridgehead atoms. The Kier molecular flexibility index (Phi) is 12.2. The van der Waals surface area contributed by atoms with Gasteiger partial charge in [-0.25, -0.2) is 9.79 Å². The molecule has 3 aromatic carbocycles. The highest BCUT2D eigenvalue weighted by Crippen LogP contribution is 2.30. The number of nitrogens with zero attached hydrogens (tertiary/aromatic N) is 3. The molecule has 1 heterocycles. The van der Waals surface area contributed by atoms with E-state index in [-0.39, 0.29) is 31.6 Å². The third-order valence-electron chi connectivity index (χ3n) is 8.31. The zero-order valence-corrected chi connectivity index (χ0v) is 27.1. The normalized spacial score (nSPS) is 14.1. The number of fused-ring (bicyclic) bond motifs is 1. The number of carbonyl (C=O) groups is 3. The Hall–Kier alpha value is -4.86. The van der Waals surface area contributed by atoms with Crippen LogP contribution < -0.4 is 14.8 Å². The molecule has 0 aromatic heterocycles. The molecule has 0 unspecified atom stereocenters. The summed E-state index contributed by atoms with van der Waals surface area (Å²) >= 11 is 0. The first-order valence-electron chi connectivity index (χ1n) is 16.6. The summed E-state index contributed by atoms with van der Waals surface area (Å²) in [6, 6.07) is 24.0. The molecule has 1 aliphatic carbocycles. The Morgan fingerprint density at radius 1 is 0.936 bits per heavy atom. The summed E-state index contributed by atoms with van der Waals surface area (Å²) in [5.41, 5.74) is 2.34. The predicted molar refractivity (Wildman–Crippen MR) is 179 cm³/mol. The lowest BCUT2D eigenvalue weighted by molar-refractivity contribution is -0.145. The summed E-state index contributed by atoms with van der Waals surface area (Å²) < 4.78 is 17.0. The number of hydrogen-bond donors (Lipinski definition) is 1. The van der Waals surface area contributed by atoms with Gasteiger partial charge in [0.25, 0.3) is 0 Å². The van der Waals surface area contributed by atoms with E-state index in [1.54, 1.807) is 29.2 Å². The van der Waals surface area contributed by atoms with Crippen molar-refractivity contribution in [3.05, 3.63) is 90.0 Å². The second-order valence-corrected chi connectivity index (χ2v) is 11.9. The van der Waals surface area contributed by atoms with Crippen LogP contribution in [0.5, 0.6) is 11.5 Å². The first kappa shape index (κ1) is 33.5. The summed E-state index contributed by atoms with van der Waals surface area (Å²) in [5, 5.41) is 2.69. The fraction of sp³-hybridized carbons (Fsp3) is 0.405. The summed E-state index contributed by atoms with van der Waals surface area (Å²) in [4.78, 5) is 47.1. The number of carbonyl (C=O) groups excluding carboxylic acids is 3. The first-order valence-corrected chi connectivity index (χ1v) is 16.6. The first-order chi connectivity index (χ1) is 23.0. The van der Waals surface area contributed by atoms with Crippen molar-refractivity contribution in [2.24, 2.45) is 4.99 Å². The monoisotopic (exact) mass is 640 g/mol. The Bertz CT molecular complexity index is 1510. The number of hydrogen-bond acceptors (Lipinski definition) is 8. The number of amides is 2. The molecule has 2 aliphatic rings. The minimum absolute atomic E-state index is 0.136. The van der Waals surface area contributed by atoms with Crippen LogP contribution in [0.15, 0.2) is 83.9 Å². The summed E-state index contributed by atoms with van der Waals surface area (Å²) in [5.74, 6) is 0.959. The van der Waals surface area contributed by atoms with E-state index in [1.165, 1.54) is 12.8 Å². The predicted octanol–water partition coefficient (Wildman–Crippen LogP) is 6.75. The van der Waals surface area contributed by atoms with Crippen LogP contribution in [0.25, 0.3) is 0 Å². The molecule has 1 saturated carbocycles. The Labute approximate surface area is 276 Å². The largest absolute Gasteiger partial charge is 0.494 e. The zero-order valence-electron chi connectivity index (χ0n) is 27.1. The van der Waals surface area contributed by atoms with E-state index in [9.17, 15) is 14.4 Å². The zero-order chi connectivity index (χ0) is 32.8. The van der Waals surface area contributed by atoms with E-state index in [2.05, 4.69) is 22.1 Å². The molecule has 47 heavy (non-hydrogen) atoms. The molecule has 10 nitrogen and oxygen atoms in total. The van der Waals surface area contributed by atoms with Gasteiger partial charge in [-0.05, 0) is 61.6 Å². The standard InChI is InChI=1S/C37H44N4O6/c1-2-3-22-41(30-15-10-11-16-30)34(42)19-12-23-45-32-20-21-33-29(24-32)25-40(26-35(43)46-27-28-13-6-4-7-14-28)36(38-33)39-37(44)47-31-17-8-5-9-18-31/h4-9,13-14,17-18,20-21,24,30H,2-3,10-12,15-16,19,22-23,25-27H2,1H3,(H,38,39,44). The van der Waals surface area contributed by atoms with Gasteiger partial charge in [0.15, 0.2) is 0 Å². The number of para-hydroxylation sites is 1. The molecule has 1 aliphatic heterocycles. The molecule has 248 valence electrons. The molecule has 1 fully saturated rings. The van der Waals surface area contributed by atoms with E-state index in [1.807, 2.05) is 54.6 Å². The number of nitrogens with one attached hydrogen (secondary N) is 1. The highest BCUT2D eigenvalue weighted by atomic mass is 16.6. The maximum atomic E-state index is 13.1. The van der Waals surface area contributed by atoms with Crippen LogP contribution in [0.2, 0.25) is 0 Å². The number of aliphatic imine (C=N–C) groups is 1. The highest BCUT2D eigenvalue weighted by Gasteiger charge is 2.27. The van der Waals surface area contributed by atoms with Crippen LogP contribution in [0, 0.1) is 0 Å². The van der Waals surface area contributed by atoms with Crippen LogP contribution in [-0.2, 0) is 27.5 Å². The fourth-order valence-electron chi connectivity index (χ4n) is 5.85. The topological polar surface area (TPSA) is 110 Å². The molecule has 0 radical (unpaired) electrons. The molecular weight excluding hydrogens is 596 g/mol. The average Bonchev–Trinajstić information content (AvgIpc) is 3.62. The lowest BCUT2D eigenvalue weighted by Gasteiger charge is -2.29. The van der Waals surface area contributed by atoms with Gasteiger partial charge < -0.3 is 24.0 Å². The summed E-state index contributed by atoms with van der Waals surface area (Å²) in [6.45, 7) is 3.68. The molecular formula is C37H44N4O6. The number of guanidine groups is 1. The van der Waals surface area contributed by atoms with Gasteiger partial charge in [-0.2, -0.15) is 0 Å². The van der Waals surface area contributed by atoms with Gasteiger partial charge >= 0.3 is 12.1 Å². The smallest absolute Gasteiger partial charge is 0.419 e. The minimum atomic E-state index is -0.725. The van der Waals surface area contributed by atoms with Gasteiger partial charge in [0.05, 0.1) is 12.3 Å². The van der Waals surface area contributed by atoms with Crippen LogP contribution in [-0.4, -0.2) is 59.5 Å². The maximum absolute atomic E-state index is 13.1. The van der Waals surface area contributed by atoms with Crippen LogP contribution in [0.3, 0.4) is 0 Å². The Morgan fingerprint density at radius 2 is 1.68 bits per heavy atom. The molecule has 0 atom stereocenters. The third kappa shape index (κ3) is 10.1. The quantitative estimate of drug-likeness (QED) is 0.153. The molecule has 10 heteroatoms. The van der Waals surface area contributed by atoms with Crippen molar-refractivity contribution in [2.75, 3.05) is 19.7 Å². The van der Waals surface area contributed by atoms with Gasteiger partial charge in [0, 0.05) is 31.1 Å². The second kappa shape index (κ2) is 17.2. The number of unbranched alkanes of at least 4 members (excludes halogenated alkanes) is 1. The van der Waals surface area contributed by atoms with Crippen molar-refractivity contribution in [1.82, 2.24) is 15.1 Å². The molecule has 5 rings (SSSR count). The van der Waals surface area contributed by atoms with E-state index in [0.717, 1.165) is 43.4 Å². The number of benzene rings is 3. The van der Waals surface area contributed by atoms with E-state index >= 15 is 0 Å². The Morgan fingerprint density at radius 3 is 2.43 bits per heavy atom. The van der Waals surface area contributed by atoms with Crippen molar-refractivity contribution in [1.29, 1.82) is 0 Å². The maximum Gasteiger partial charge on any atom is 0.419 e.